The quantitative estimate of drug-likeness (QED) is 0.559. The Hall–Kier alpha value is -2.24. The second-order valence-electron chi connectivity index (χ2n) is 4.71. The van der Waals surface area contributed by atoms with Gasteiger partial charge in [-0.2, -0.15) is 0 Å². The van der Waals surface area contributed by atoms with Crippen molar-refractivity contribution in [3.05, 3.63) is 23.8 Å². The third-order valence-corrected chi connectivity index (χ3v) is 3.22. The average Bonchev–Trinajstić information content (AvgIpc) is 2.56. The van der Waals surface area contributed by atoms with Crippen LogP contribution in [0.4, 0.5) is 0 Å². The lowest BCUT2D eigenvalue weighted by molar-refractivity contribution is -0.140. The predicted octanol–water partition coefficient (Wildman–Crippen LogP) is 2.17. The average molecular weight is 309 g/mol. The highest BCUT2D eigenvalue weighted by molar-refractivity contribution is 5.97. The van der Waals surface area contributed by atoms with Gasteiger partial charge >= 0.3 is 5.97 Å². The molecule has 0 bridgehead atoms. The van der Waals surface area contributed by atoms with E-state index in [1.54, 1.807) is 25.3 Å². The topological polar surface area (TPSA) is 73.9 Å². The monoisotopic (exact) mass is 309 g/mol. The van der Waals surface area contributed by atoms with E-state index in [1.807, 2.05) is 0 Å². The van der Waals surface area contributed by atoms with Crippen molar-refractivity contribution in [3.63, 3.8) is 0 Å². The molecule has 0 atom stereocenters. The summed E-state index contributed by atoms with van der Waals surface area (Å²) < 4.78 is 14.9. The summed E-state index contributed by atoms with van der Waals surface area (Å²) in [5, 5.41) is 2.84. The van der Waals surface area contributed by atoms with Gasteiger partial charge in [0.15, 0.2) is 0 Å². The molecule has 0 aliphatic carbocycles. The lowest BCUT2D eigenvalue weighted by Gasteiger charge is -2.10. The maximum absolute atomic E-state index is 12.1. The molecule has 0 aliphatic rings. The van der Waals surface area contributed by atoms with E-state index in [0.717, 1.165) is 19.3 Å². The molecule has 0 heterocycles. The van der Waals surface area contributed by atoms with Crippen LogP contribution >= 0.6 is 0 Å². The molecular formula is C16H23NO5. The number of hydrogen-bond donors (Lipinski definition) is 1. The van der Waals surface area contributed by atoms with Crippen molar-refractivity contribution < 1.29 is 23.8 Å². The van der Waals surface area contributed by atoms with E-state index in [0.29, 0.717) is 30.0 Å². The number of rotatable bonds is 9. The summed E-state index contributed by atoms with van der Waals surface area (Å²) in [6, 6.07) is 5.06. The largest absolute Gasteiger partial charge is 0.497 e. The first kappa shape index (κ1) is 17.8. The highest BCUT2D eigenvalue weighted by Gasteiger charge is 2.12. The predicted molar refractivity (Wildman–Crippen MR) is 82.4 cm³/mol. The zero-order valence-corrected chi connectivity index (χ0v) is 13.3. The molecule has 0 spiro atoms. The number of carbonyl (C=O) groups is 2. The molecule has 22 heavy (non-hydrogen) atoms. The van der Waals surface area contributed by atoms with Gasteiger partial charge < -0.3 is 19.5 Å². The number of amides is 1. The minimum atomic E-state index is -0.202. The molecule has 1 aromatic carbocycles. The lowest BCUT2D eigenvalue weighted by Crippen LogP contribution is -2.25. The number of benzene rings is 1. The molecule has 1 amide bonds. The number of carbonyl (C=O) groups excluding carboxylic acids is 2. The van der Waals surface area contributed by atoms with E-state index in [-0.39, 0.29) is 11.9 Å². The second-order valence-corrected chi connectivity index (χ2v) is 4.71. The van der Waals surface area contributed by atoms with E-state index in [9.17, 15) is 9.59 Å². The molecule has 1 aromatic rings. The maximum Gasteiger partial charge on any atom is 0.305 e. The van der Waals surface area contributed by atoms with Crippen LogP contribution in [0.25, 0.3) is 0 Å². The van der Waals surface area contributed by atoms with E-state index >= 15 is 0 Å². The van der Waals surface area contributed by atoms with E-state index in [1.165, 1.54) is 14.2 Å². The minimum Gasteiger partial charge on any atom is -0.497 e. The molecule has 6 nitrogen and oxygen atoms in total. The maximum atomic E-state index is 12.1. The SMILES string of the molecule is COC(=O)CCCCCNC(=O)c1ccc(OC)cc1OC. The summed E-state index contributed by atoms with van der Waals surface area (Å²) in [5.74, 6) is 0.721. The Morgan fingerprint density at radius 1 is 1.05 bits per heavy atom. The van der Waals surface area contributed by atoms with Crippen LogP contribution in [0.3, 0.4) is 0 Å². The zero-order chi connectivity index (χ0) is 16.4. The Morgan fingerprint density at radius 2 is 1.82 bits per heavy atom. The molecule has 0 saturated carbocycles. The Kier molecular flexibility index (Phi) is 7.81. The van der Waals surface area contributed by atoms with Crippen molar-refractivity contribution in [3.8, 4) is 11.5 Å². The Balaban J connectivity index is 2.38. The molecule has 0 radical (unpaired) electrons. The van der Waals surface area contributed by atoms with E-state index in [4.69, 9.17) is 9.47 Å². The molecule has 6 heteroatoms. The Morgan fingerprint density at radius 3 is 2.45 bits per heavy atom. The minimum absolute atomic E-state index is 0.188. The summed E-state index contributed by atoms with van der Waals surface area (Å²) in [7, 11) is 4.45. The number of ether oxygens (including phenoxy) is 3. The zero-order valence-electron chi connectivity index (χ0n) is 13.3. The molecule has 0 aromatic heterocycles. The van der Waals surface area contributed by atoms with Crippen molar-refractivity contribution >= 4 is 11.9 Å². The number of methoxy groups -OCH3 is 3. The lowest BCUT2D eigenvalue weighted by atomic mass is 10.1. The molecule has 0 saturated heterocycles. The summed E-state index contributed by atoms with van der Waals surface area (Å²) in [6.07, 6.45) is 2.83. The van der Waals surface area contributed by atoms with Gasteiger partial charge in [-0.3, -0.25) is 9.59 Å². The molecule has 0 unspecified atom stereocenters. The van der Waals surface area contributed by atoms with Crippen LogP contribution in [0.5, 0.6) is 11.5 Å². The first-order valence-corrected chi connectivity index (χ1v) is 7.19. The van der Waals surface area contributed by atoms with Crippen LogP contribution in [-0.4, -0.2) is 39.8 Å². The highest BCUT2D eigenvalue weighted by atomic mass is 16.5. The molecule has 122 valence electrons. The van der Waals surface area contributed by atoms with Crippen LogP contribution in [0, 0.1) is 0 Å². The summed E-state index contributed by atoms with van der Waals surface area (Å²) in [5.41, 5.74) is 0.470. The molecule has 0 fully saturated rings. The molecule has 1 N–H and O–H groups in total. The number of unbranched alkanes of at least 4 members (excludes halogenated alkanes) is 2. The van der Waals surface area contributed by atoms with Crippen LogP contribution in [0.1, 0.15) is 36.0 Å². The van der Waals surface area contributed by atoms with Gasteiger partial charge in [-0.05, 0) is 25.0 Å². The van der Waals surface area contributed by atoms with Gasteiger partial charge in [-0.1, -0.05) is 6.42 Å². The van der Waals surface area contributed by atoms with Crippen molar-refractivity contribution in [2.75, 3.05) is 27.9 Å². The first-order chi connectivity index (χ1) is 10.6. The van der Waals surface area contributed by atoms with Crippen LogP contribution in [0.15, 0.2) is 18.2 Å². The van der Waals surface area contributed by atoms with Crippen LogP contribution in [0.2, 0.25) is 0 Å². The van der Waals surface area contributed by atoms with Crippen molar-refractivity contribution in [2.45, 2.75) is 25.7 Å². The summed E-state index contributed by atoms with van der Waals surface area (Å²) in [4.78, 5) is 23.0. The molecule has 1 rings (SSSR count). The summed E-state index contributed by atoms with van der Waals surface area (Å²) >= 11 is 0. The fraction of sp³-hybridized carbons (Fsp3) is 0.500. The van der Waals surface area contributed by atoms with Gasteiger partial charge in [0, 0.05) is 19.0 Å². The summed E-state index contributed by atoms with van der Waals surface area (Å²) in [6.45, 7) is 0.551. The smallest absolute Gasteiger partial charge is 0.305 e. The fourth-order valence-corrected chi connectivity index (χ4v) is 1.96. The van der Waals surface area contributed by atoms with Crippen molar-refractivity contribution in [1.82, 2.24) is 5.32 Å². The van der Waals surface area contributed by atoms with Crippen molar-refractivity contribution in [2.24, 2.45) is 0 Å². The second kappa shape index (κ2) is 9.65. The van der Waals surface area contributed by atoms with Gasteiger partial charge in [0.05, 0.1) is 26.9 Å². The van der Waals surface area contributed by atoms with Crippen LogP contribution < -0.4 is 14.8 Å². The third kappa shape index (κ3) is 5.63. The first-order valence-electron chi connectivity index (χ1n) is 7.19. The fourth-order valence-electron chi connectivity index (χ4n) is 1.96. The number of hydrogen-bond acceptors (Lipinski definition) is 5. The number of esters is 1. The van der Waals surface area contributed by atoms with Crippen molar-refractivity contribution in [1.29, 1.82) is 0 Å². The van der Waals surface area contributed by atoms with Gasteiger partial charge in [0.1, 0.15) is 11.5 Å². The van der Waals surface area contributed by atoms with Gasteiger partial charge in [-0.25, -0.2) is 0 Å². The highest BCUT2D eigenvalue weighted by Crippen LogP contribution is 2.24. The van der Waals surface area contributed by atoms with Gasteiger partial charge in [0.25, 0.3) is 5.91 Å². The molecular weight excluding hydrogens is 286 g/mol. The Labute approximate surface area is 130 Å². The standard InChI is InChI=1S/C16H23NO5/c1-20-12-8-9-13(14(11-12)21-2)16(19)17-10-6-4-5-7-15(18)22-3/h8-9,11H,4-7,10H2,1-3H3,(H,17,19). The van der Waals surface area contributed by atoms with Gasteiger partial charge in [-0.15, -0.1) is 0 Å². The molecule has 0 aliphatic heterocycles. The van der Waals surface area contributed by atoms with Crippen LogP contribution in [-0.2, 0) is 9.53 Å². The third-order valence-electron chi connectivity index (χ3n) is 3.22. The van der Waals surface area contributed by atoms with E-state index < -0.39 is 0 Å². The number of nitrogens with one attached hydrogen (secondary N) is 1. The Bertz CT molecular complexity index is 501. The normalized spacial score (nSPS) is 9.95. The van der Waals surface area contributed by atoms with E-state index in [2.05, 4.69) is 10.1 Å². The van der Waals surface area contributed by atoms with Gasteiger partial charge in [0.2, 0.25) is 0 Å².